The van der Waals surface area contributed by atoms with Crippen molar-refractivity contribution in [2.45, 2.75) is 0 Å². The average Bonchev–Trinajstić information content (AvgIpc) is 2.25. The molecule has 5 nitrogen and oxygen atoms in total. The zero-order valence-electron chi connectivity index (χ0n) is 9.04. The van der Waals surface area contributed by atoms with Crippen LogP contribution in [-0.4, -0.2) is 38.5 Å². The van der Waals surface area contributed by atoms with Gasteiger partial charge in [-0.25, -0.2) is 8.42 Å². The van der Waals surface area contributed by atoms with Crippen molar-refractivity contribution in [3.8, 4) is 5.75 Å². The van der Waals surface area contributed by atoms with Gasteiger partial charge in [-0.05, 0) is 24.3 Å². The molecule has 0 aliphatic carbocycles. The van der Waals surface area contributed by atoms with Crippen LogP contribution in [0.4, 0.5) is 0 Å². The topological polar surface area (TPSA) is 76.0 Å². The van der Waals surface area contributed by atoms with Gasteiger partial charge in [0.1, 0.15) is 11.5 Å². The summed E-state index contributed by atoms with van der Waals surface area (Å²) in [6.45, 7) is 0. The number of nitrogens with zero attached hydrogens (tertiary/aromatic N) is 1. The molecule has 0 unspecified atom stereocenters. The minimum atomic E-state index is -3.22. The maximum atomic E-state index is 11.1. The van der Waals surface area contributed by atoms with Crippen LogP contribution >= 0.6 is 0 Å². The Morgan fingerprint density at radius 3 is 2.31 bits per heavy atom. The lowest BCUT2D eigenvalue weighted by Gasteiger charge is -2.04. The predicted octanol–water partition coefficient (Wildman–Crippen LogP) is 0.918. The summed E-state index contributed by atoms with van der Waals surface area (Å²) < 4.78 is 27.1. The van der Waals surface area contributed by atoms with E-state index in [4.69, 9.17) is 9.94 Å². The van der Waals surface area contributed by atoms with Crippen molar-refractivity contribution in [1.29, 1.82) is 0 Å². The van der Waals surface area contributed by atoms with E-state index in [0.717, 1.165) is 6.26 Å². The molecule has 1 rings (SSSR count). The first-order valence-electron chi connectivity index (χ1n) is 4.49. The Morgan fingerprint density at radius 2 is 1.94 bits per heavy atom. The summed E-state index contributed by atoms with van der Waals surface area (Å²) in [6.07, 6.45) is 1.09. The highest BCUT2D eigenvalue weighted by atomic mass is 32.2. The molecule has 0 spiro atoms. The summed E-state index contributed by atoms with van der Waals surface area (Å²) in [5, 5.41) is 11.8. The molecule has 0 fully saturated rings. The first kappa shape index (κ1) is 12.5. The molecule has 0 atom stereocenters. The monoisotopic (exact) mass is 243 g/mol. The summed E-state index contributed by atoms with van der Waals surface area (Å²) >= 11 is 0. The molecule has 0 aliphatic heterocycles. The molecule has 0 saturated heterocycles. The second-order valence-corrected chi connectivity index (χ2v) is 5.49. The smallest absolute Gasteiger partial charge is 0.153 e. The fraction of sp³-hybridized carbons (Fsp3) is 0.300. The van der Waals surface area contributed by atoms with E-state index in [0.29, 0.717) is 11.3 Å². The van der Waals surface area contributed by atoms with Gasteiger partial charge in [0.15, 0.2) is 9.84 Å². The minimum absolute atomic E-state index is 0.116. The number of rotatable bonds is 4. The number of ether oxygens (including phenoxy) is 1. The van der Waals surface area contributed by atoms with Gasteiger partial charge in [0.05, 0.1) is 12.9 Å². The highest BCUT2D eigenvalue weighted by Gasteiger charge is 2.12. The van der Waals surface area contributed by atoms with Gasteiger partial charge < -0.3 is 9.94 Å². The van der Waals surface area contributed by atoms with Gasteiger partial charge in [-0.1, -0.05) is 5.16 Å². The average molecular weight is 243 g/mol. The third-order valence-electron chi connectivity index (χ3n) is 1.94. The zero-order chi connectivity index (χ0) is 12.2. The standard InChI is InChI=1S/C10H13NO4S/c1-15-9-5-3-8(4-6-9)10(11-12)7-16(2,13)14/h3-6,12H,7H2,1-2H3/b11-10-. The number of benzene rings is 1. The Bertz CT molecular complexity index is 476. The van der Waals surface area contributed by atoms with E-state index < -0.39 is 9.84 Å². The molecule has 88 valence electrons. The number of hydrogen-bond donors (Lipinski definition) is 1. The van der Waals surface area contributed by atoms with Crippen LogP contribution in [0, 0.1) is 0 Å². The predicted molar refractivity (Wildman–Crippen MR) is 61.0 cm³/mol. The highest BCUT2D eigenvalue weighted by Crippen LogP contribution is 2.12. The normalized spacial score (nSPS) is 12.5. The molecule has 0 aliphatic rings. The molecule has 0 heterocycles. The van der Waals surface area contributed by atoms with E-state index in [1.807, 2.05) is 0 Å². The molecule has 6 heteroatoms. The summed E-state index contributed by atoms with van der Waals surface area (Å²) in [5.41, 5.74) is 0.666. The van der Waals surface area contributed by atoms with Crippen LogP contribution in [0.1, 0.15) is 5.56 Å². The lowest BCUT2D eigenvalue weighted by atomic mass is 10.1. The van der Waals surface area contributed by atoms with Gasteiger partial charge in [0.2, 0.25) is 0 Å². The number of methoxy groups -OCH3 is 1. The Morgan fingerprint density at radius 1 is 1.38 bits per heavy atom. The molecule has 1 N–H and O–H groups in total. The molecule has 0 saturated carbocycles. The third-order valence-corrected chi connectivity index (χ3v) is 2.74. The summed E-state index contributed by atoms with van der Waals surface area (Å²) in [6, 6.07) is 6.61. The van der Waals surface area contributed by atoms with Gasteiger partial charge >= 0.3 is 0 Å². The van der Waals surface area contributed by atoms with Crippen LogP contribution in [0.3, 0.4) is 0 Å². The molecule has 0 aromatic heterocycles. The van der Waals surface area contributed by atoms with E-state index in [2.05, 4.69) is 5.16 Å². The van der Waals surface area contributed by atoms with Crippen LogP contribution in [0.2, 0.25) is 0 Å². The second-order valence-electron chi connectivity index (χ2n) is 3.35. The molecular weight excluding hydrogens is 230 g/mol. The Hall–Kier alpha value is -1.56. The maximum Gasteiger partial charge on any atom is 0.153 e. The largest absolute Gasteiger partial charge is 0.497 e. The van der Waals surface area contributed by atoms with Crippen LogP contribution in [0.15, 0.2) is 29.4 Å². The molecule has 0 bridgehead atoms. The number of oxime groups is 1. The summed E-state index contributed by atoms with van der Waals surface area (Å²) in [4.78, 5) is 0. The van der Waals surface area contributed by atoms with Crippen molar-refractivity contribution < 1.29 is 18.4 Å². The Kier molecular flexibility index (Phi) is 3.89. The number of sulfone groups is 1. The van der Waals surface area contributed by atoms with Crippen molar-refractivity contribution in [2.24, 2.45) is 5.16 Å². The van der Waals surface area contributed by atoms with Crippen LogP contribution in [-0.2, 0) is 9.84 Å². The van der Waals surface area contributed by atoms with Crippen molar-refractivity contribution in [3.05, 3.63) is 29.8 Å². The molecule has 0 amide bonds. The van der Waals surface area contributed by atoms with Gasteiger partial charge in [-0.3, -0.25) is 0 Å². The van der Waals surface area contributed by atoms with E-state index in [1.54, 1.807) is 24.3 Å². The highest BCUT2D eigenvalue weighted by molar-refractivity contribution is 7.91. The van der Waals surface area contributed by atoms with Crippen molar-refractivity contribution >= 4 is 15.5 Å². The Balaban J connectivity index is 2.97. The van der Waals surface area contributed by atoms with Crippen molar-refractivity contribution in [2.75, 3.05) is 19.1 Å². The summed E-state index contributed by atoms with van der Waals surface area (Å²) in [5.74, 6) is 0.357. The number of hydrogen-bond acceptors (Lipinski definition) is 5. The van der Waals surface area contributed by atoms with Crippen LogP contribution in [0.25, 0.3) is 0 Å². The van der Waals surface area contributed by atoms with E-state index >= 15 is 0 Å². The second kappa shape index (κ2) is 4.98. The molecule has 1 aromatic carbocycles. The third kappa shape index (κ3) is 3.54. The Labute approximate surface area is 94.3 Å². The van der Waals surface area contributed by atoms with Gasteiger partial charge in [0, 0.05) is 11.8 Å². The fourth-order valence-electron chi connectivity index (χ4n) is 1.20. The van der Waals surface area contributed by atoms with Crippen LogP contribution < -0.4 is 4.74 Å². The van der Waals surface area contributed by atoms with Crippen molar-refractivity contribution in [3.63, 3.8) is 0 Å². The lowest BCUT2D eigenvalue weighted by Crippen LogP contribution is -2.15. The van der Waals surface area contributed by atoms with Gasteiger partial charge in [-0.15, -0.1) is 0 Å². The lowest BCUT2D eigenvalue weighted by molar-refractivity contribution is 0.319. The van der Waals surface area contributed by atoms with Crippen molar-refractivity contribution in [1.82, 2.24) is 0 Å². The molecule has 16 heavy (non-hydrogen) atoms. The van der Waals surface area contributed by atoms with Gasteiger partial charge in [-0.2, -0.15) is 0 Å². The molecular formula is C10H13NO4S. The minimum Gasteiger partial charge on any atom is -0.497 e. The summed E-state index contributed by atoms with van der Waals surface area (Å²) in [7, 11) is -1.69. The van der Waals surface area contributed by atoms with Crippen LogP contribution in [0.5, 0.6) is 5.75 Å². The maximum absolute atomic E-state index is 11.1. The SMILES string of the molecule is COc1ccc(/C(CS(C)(=O)=O)=N\O)cc1. The zero-order valence-corrected chi connectivity index (χ0v) is 9.86. The fourth-order valence-corrected chi connectivity index (χ4v) is 1.92. The molecule has 1 aromatic rings. The van der Waals surface area contributed by atoms with E-state index in [9.17, 15) is 8.42 Å². The van der Waals surface area contributed by atoms with E-state index in [-0.39, 0.29) is 11.5 Å². The first-order chi connectivity index (χ1) is 7.46. The first-order valence-corrected chi connectivity index (χ1v) is 6.55. The van der Waals surface area contributed by atoms with E-state index in [1.165, 1.54) is 7.11 Å². The molecule has 0 radical (unpaired) electrons. The van der Waals surface area contributed by atoms with Gasteiger partial charge in [0.25, 0.3) is 0 Å². The quantitative estimate of drug-likeness (QED) is 0.484.